The van der Waals surface area contributed by atoms with Crippen molar-refractivity contribution in [3.8, 4) is 0 Å². The molecule has 326 valence electrons. The molecule has 3 unspecified atom stereocenters. The van der Waals surface area contributed by atoms with Gasteiger partial charge < -0.3 is 20.3 Å². The standard InChI is InChI=1S/C51H87NO5/c1-4-7-10-13-16-19-22-25-27-30-33-36-39-42-47(57-51(56)44-41-38-35-32-29-26-23-20-17-14-11-8-5-2)45-50(55)52-48(46-53)49(54)43-40-37-34-31-28-24-21-18-15-12-9-6-3/h7,10,13,16,19,22,25-27,29-30,33,35,38,47-49,53-54H,4-6,8-9,11-12,14-15,17-18,20-21,23-24,28,31-32,34,36-37,39-46H2,1-3H3,(H,52,55)/b10-7+,16-13+,22-19-,27-25-,29-26-,33-30+,38-35+. The van der Waals surface area contributed by atoms with Crippen molar-refractivity contribution in [3.63, 3.8) is 0 Å². The fourth-order valence-electron chi connectivity index (χ4n) is 6.57. The van der Waals surface area contributed by atoms with Gasteiger partial charge in [-0.05, 0) is 57.8 Å². The summed E-state index contributed by atoms with van der Waals surface area (Å²) in [7, 11) is 0. The highest BCUT2D eigenvalue weighted by molar-refractivity contribution is 5.77. The van der Waals surface area contributed by atoms with Crippen LogP contribution in [0.25, 0.3) is 0 Å². The van der Waals surface area contributed by atoms with Crippen LogP contribution in [0, 0.1) is 0 Å². The first-order chi connectivity index (χ1) is 28.0. The number of allylic oxidation sites excluding steroid dienone is 14. The number of carbonyl (C=O) groups excluding carboxylic acids is 2. The predicted octanol–water partition coefficient (Wildman–Crippen LogP) is 13.6. The third-order valence-corrected chi connectivity index (χ3v) is 10.1. The van der Waals surface area contributed by atoms with Gasteiger partial charge in [-0.3, -0.25) is 9.59 Å². The number of aliphatic hydroxyl groups is 2. The number of carbonyl (C=O) groups is 2. The molecule has 0 radical (unpaired) electrons. The summed E-state index contributed by atoms with van der Waals surface area (Å²) in [6.07, 6.45) is 56.5. The van der Waals surface area contributed by atoms with E-state index in [2.05, 4.69) is 56.5 Å². The molecule has 0 rings (SSSR count). The second-order valence-electron chi connectivity index (χ2n) is 15.5. The van der Waals surface area contributed by atoms with Crippen molar-refractivity contribution in [2.75, 3.05) is 6.61 Å². The van der Waals surface area contributed by atoms with Crippen molar-refractivity contribution < 1.29 is 24.5 Å². The van der Waals surface area contributed by atoms with E-state index < -0.39 is 18.2 Å². The first kappa shape index (κ1) is 54.0. The maximum absolute atomic E-state index is 13.1. The van der Waals surface area contributed by atoms with Gasteiger partial charge in [-0.15, -0.1) is 0 Å². The molecule has 0 aliphatic rings. The maximum atomic E-state index is 13.1. The Balaban J connectivity index is 4.81. The van der Waals surface area contributed by atoms with E-state index >= 15 is 0 Å². The van der Waals surface area contributed by atoms with Gasteiger partial charge in [0.1, 0.15) is 6.10 Å². The number of nitrogens with one attached hydrogen (secondary N) is 1. The van der Waals surface area contributed by atoms with E-state index in [0.29, 0.717) is 19.3 Å². The zero-order chi connectivity index (χ0) is 41.7. The molecule has 0 aromatic heterocycles. The van der Waals surface area contributed by atoms with E-state index in [1.165, 1.54) is 96.3 Å². The lowest BCUT2D eigenvalue weighted by Gasteiger charge is -2.24. The number of amides is 1. The molecule has 57 heavy (non-hydrogen) atoms. The molecule has 6 heteroatoms. The van der Waals surface area contributed by atoms with Crippen LogP contribution in [0.5, 0.6) is 0 Å². The Labute approximate surface area is 351 Å². The average molecular weight is 794 g/mol. The third kappa shape index (κ3) is 39.6. The SMILES string of the molecule is CC/C=C/C=C/C=C\C=C/C=C/CCCC(CC(=O)NC(CO)C(O)CCCCCCCCCCCCCC)OC(=O)CC/C=C/C/C=C\CCCCCCCC. The molecule has 0 aliphatic carbocycles. The minimum absolute atomic E-state index is 0.00216. The van der Waals surface area contributed by atoms with Crippen molar-refractivity contribution in [1.29, 1.82) is 0 Å². The Morgan fingerprint density at radius 3 is 1.60 bits per heavy atom. The summed E-state index contributed by atoms with van der Waals surface area (Å²) in [6.45, 7) is 6.27. The quantitative estimate of drug-likeness (QED) is 0.0248. The van der Waals surface area contributed by atoms with Crippen LogP contribution < -0.4 is 5.32 Å². The van der Waals surface area contributed by atoms with Crippen molar-refractivity contribution in [1.82, 2.24) is 5.32 Å². The van der Waals surface area contributed by atoms with Crippen LogP contribution in [-0.4, -0.2) is 46.9 Å². The number of aliphatic hydroxyl groups excluding tert-OH is 2. The number of esters is 1. The van der Waals surface area contributed by atoms with E-state index in [9.17, 15) is 19.8 Å². The van der Waals surface area contributed by atoms with Gasteiger partial charge in [0.05, 0.1) is 25.2 Å². The molecule has 0 spiro atoms. The third-order valence-electron chi connectivity index (χ3n) is 10.1. The Morgan fingerprint density at radius 2 is 1.04 bits per heavy atom. The van der Waals surface area contributed by atoms with Crippen LogP contribution in [0.4, 0.5) is 0 Å². The van der Waals surface area contributed by atoms with E-state index in [1.54, 1.807) is 0 Å². The van der Waals surface area contributed by atoms with E-state index in [-0.39, 0.29) is 31.3 Å². The molecule has 0 aromatic rings. The molecule has 0 heterocycles. The lowest BCUT2D eigenvalue weighted by molar-refractivity contribution is -0.150. The number of rotatable bonds is 40. The summed E-state index contributed by atoms with van der Waals surface area (Å²) in [6, 6.07) is -0.737. The summed E-state index contributed by atoms with van der Waals surface area (Å²) in [4.78, 5) is 26.0. The normalized spacial score (nSPS) is 14.1. The molecular weight excluding hydrogens is 707 g/mol. The van der Waals surface area contributed by atoms with Crippen molar-refractivity contribution in [3.05, 3.63) is 85.1 Å². The second kappa shape index (κ2) is 44.1. The molecule has 3 N–H and O–H groups in total. The van der Waals surface area contributed by atoms with Crippen molar-refractivity contribution in [2.24, 2.45) is 0 Å². The number of hydrogen-bond donors (Lipinski definition) is 3. The van der Waals surface area contributed by atoms with Gasteiger partial charge in [0, 0.05) is 6.42 Å². The van der Waals surface area contributed by atoms with Gasteiger partial charge >= 0.3 is 5.97 Å². The van der Waals surface area contributed by atoms with Crippen molar-refractivity contribution >= 4 is 11.9 Å². The largest absolute Gasteiger partial charge is 0.462 e. The second-order valence-corrected chi connectivity index (χ2v) is 15.5. The van der Waals surface area contributed by atoms with E-state index in [4.69, 9.17) is 4.74 Å². The van der Waals surface area contributed by atoms with Crippen LogP contribution in [0.2, 0.25) is 0 Å². The van der Waals surface area contributed by atoms with Crippen LogP contribution >= 0.6 is 0 Å². The average Bonchev–Trinajstić information content (AvgIpc) is 3.20. The maximum Gasteiger partial charge on any atom is 0.306 e. The van der Waals surface area contributed by atoms with Crippen LogP contribution in [-0.2, 0) is 14.3 Å². The van der Waals surface area contributed by atoms with Crippen LogP contribution in [0.3, 0.4) is 0 Å². The molecule has 0 aliphatic heterocycles. The fourth-order valence-corrected chi connectivity index (χ4v) is 6.57. The zero-order valence-electron chi connectivity index (χ0n) is 36.9. The molecule has 6 nitrogen and oxygen atoms in total. The fraction of sp³-hybridized carbons (Fsp3) is 0.686. The minimum atomic E-state index is -0.817. The lowest BCUT2D eigenvalue weighted by Crippen LogP contribution is -2.46. The molecule has 0 saturated carbocycles. The van der Waals surface area contributed by atoms with E-state index in [0.717, 1.165) is 51.4 Å². The van der Waals surface area contributed by atoms with Gasteiger partial charge in [-0.25, -0.2) is 0 Å². The highest BCUT2D eigenvalue weighted by Crippen LogP contribution is 2.16. The Kier molecular flexibility index (Phi) is 41.9. The Morgan fingerprint density at radius 1 is 0.544 bits per heavy atom. The Hall–Kier alpha value is -2.96. The van der Waals surface area contributed by atoms with Gasteiger partial charge in [-0.1, -0.05) is 215 Å². The first-order valence-electron chi connectivity index (χ1n) is 23.4. The van der Waals surface area contributed by atoms with Gasteiger partial charge in [0.2, 0.25) is 5.91 Å². The highest BCUT2D eigenvalue weighted by Gasteiger charge is 2.23. The smallest absolute Gasteiger partial charge is 0.306 e. The van der Waals surface area contributed by atoms with Crippen LogP contribution in [0.1, 0.15) is 201 Å². The molecule has 0 fully saturated rings. The van der Waals surface area contributed by atoms with Gasteiger partial charge in [0.15, 0.2) is 0 Å². The summed E-state index contributed by atoms with van der Waals surface area (Å²) >= 11 is 0. The number of unbranched alkanes of at least 4 members (excludes halogenated alkanes) is 18. The topological polar surface area (TPSA) is 95.9 Å². The summed E-state index contributed by atoms with van der Waals surface area (Å²) in [5.41, 5.74) is 0. The highest BCUT2D eigenvalue weighted by atomic mass is 16.5. The van der Waals surface area contributed by atoms with E-state index in [1.807, 2.05) is 54.7 Å². The summed E-state index contributed by atoms with van der Waals surface area (Å²) < 4.78 is 5.83. The molecule has 3 atom stereocenters. The predicted molar refractivity (Wildman–Crippen MR) is 245 cm³/mol. The van der Waals surface area contributed by atoms with Crippen molar-refractivity contribution in [2.45, 2.75) is 219 Å². The molecule has 1 amide bonds. The minimum Gasteiger partial charge on any atom is -0.462 e. The van der Waals surface area contributed by atoms with Gasteiger partial charge in [-0.2, -0.15) is 0 Å². The Bertz CT molecular complexity index is 1120. The molecule has 0 saturated heterocycles. The molecule has 0 bridgehead atoms. The van der Waals surface area contributed by atoms with Gasteiger partial charge in [0.25, 0.3) is 0 Å². The first-order valence-corrected chi connectivity index (χ1v) is 23.4. The summed E-state index contributed by atoms with van der Waals surface area (Å²) in [5.74, 6) is -0.635. The number of hydrogen-bond acceptors (Lipinski definition) is 5. The summed E-state index contributed by atoms with van der Waals surface area (Å²) in [5, 5.41) is 23.6. The number of ether oxygens (including phenoxy) is 1. The monoisotopic (exact) mass is 794 g/mol. The van der Waals surface area contributed by atoms with Crippen LogP contribution in [0.15, 0.2) is 85.1 Å². The zero-order valence-corrected chi connectivity index (χ0v) is 36.9. The molecular formula is C51H87NO5. The molecule has 0 aromatic carbocycles. The lowest BCUT2D eigenvalue weighted by atomic mass is 10.0.